The van der Waals surface area contributed by atoms with Crippen LogP contribution in [0.5, 0.6) is 0 Å². The molecular weight excluding hydrogens is 240 g/mol. The second-order valence-electron chi connectivity index (χ2n) is 5.87. The predicted octanol–water partition coefficient (Wildman–Crippen LogP) is 5.50. The van der Waals surface area contributed by atoms with Gasteiger partial charge in [0.1, 0.15) is 0 Å². The molecule has 0 saturated carbocycles. The summed E-state index contributed by atoms with van der Waals surface area (Å²) >= 11 is 0. The highest BCUT2D eigenvalue weighted by atomic mass is 14.2. The van der Waals surface area contributed by atoms with E-state index in [2.05, 4.69) is 70.5 Å². The molecule has 0 heteroatoms. The summed E-state index contributed by atoms with van der Waals surface area (Å²) in [6.07, 6.45) is 5.67. The van der Waals surface area contributed by atoms with Crippen molar-refractivity contribution < 1.29 is 0 Å². The maximum atomic E-state index is 2.32. The number of hydrogen-bond donors (Lipinski definition) is 0. The predicted molar refractivity (Wildman–Crippen MR) is 87.8 cm³/mol. The molecule has 2 aromatic carbocycles. The molecular formula is C20H21. The molecule has 1 aliphatic carbocycles. The van der Waals surface area contributed by atoms with Gasteiger partial charge < -0.3 is 0 Å². The summed E-state index contributed by atoms with van der Waals surface area (Å²) in [7, 11) is 0. The lowest BCUT2D eigenvalue weighted by atomic mass is 9.89. The Labute approximate surface area is 122 Å². The Morgan fingerprint density at radius 1 is 0.900 bits per heavy atom. The zero-order valence-electron chi connectivity index (χ0n) is 12.7. The molecule has 101 valence electrons. The number of aryl methyl sites for hydroxylation is 3. The van der Waals surface area contributed by atoms with E-state index in [0.29, 0.717) is 0 Å². The second kappa shape index (κ2) is 4.94. The summed E-state index contributed by atoms with van der Waals surface area (Å²) in [5, 5.41) is 0. The number of hydrogen-bond acceptors (Lipinski definition) is 0. The minimum atomic E-state index is 1.07. The quantitative estimate of drug-likeness (QED) is 0.669. The molecule has 0 nitrogen and oxygen atoms in total. The molecule has 0 atom stereocenters. The molecule has 0 amide bonds. The minimum Gasteiger partial charge on any atom is -0.0642 e. The highest BCUT2D eigenvalue weighted by molar-refractivity contribution is 5.85. The van der Waals surface area contributed by atoms with E-state index in [4.69, 9.17) is 0 Å². The molecule has 0 saturated heterocycles. The molecule has 3 rings (SSSR count). The van der Waals surface area contributed by atoms with Gasteiger partial charge in [0.05, 0.1) is 0 Å². The van der Waals surface area contributed by atoms with Crippen LogP contribution in [0.2, 0.25) is 0 Å². The van der Waals surface area contributed by atoms with Crippen molar-refractivity contribution in [1.82, 2.24) is 0 Å². The average Bonchev–Trinajstić information content (AvgIpc) is 2.76. The summed E-state index contributed by atoms with van der Waals surface area (Å²) in [6, 6.07) is 11.4. The molecule has 0 unspecified atom stereocenters. The molecule has 0 heterocycles. The van der Waals surface area contributed by atoms with Crippen molar-refractivity contribution in [1.29, 1.82) is 0 Å². The maximum absolute atomic E-state index is 2.32. The van der Waals surface area contributed by atoms with Gasteiger partial charge in [-0.05, 0) is 55.0 Å². The fourth-order valence-corrected chi connectivity index (χ4v) is 3.23. The maximum Gasteiger partial charge on any atom is 0.0161 e. The van der Waals surface area contributed by atoms with Crippen LogP contribution in [-0.2, 0) is 6.42 Å². The van der Waals surface area contributed by atoms with Crippen LogP contribution in [0.25, 0.3) is 17.2 Å². The molecule has 0 bridgehead atoms. The van der Waals surface area contributed by atoms with Crippen LogP contribution in [0.1, 0.15) is 41.7 Å². The number of fused-ring (bicyclic) bond motifs is 1. The van der Waals surface area contributed by atoms with Crippen LogP contribution in [-0.4, -0.2) is 0 Å². The first kappa shape index (κ1) is 13.2. The lowest BCUT2D eigenvalue weighted by Crippen LogP contribution is -1.95. The molecule has 1 aliphatic rings. The molecule has 0 aliphatic heterocycles. The Hall–Kier alpha value is -1.82. The molecule has 1 radical (unpaired) electrons. The van der Waals surface area contributed by atoms with E-state index < -0.39 is 0 Å². The van der Waals surface area contributed by atoms with Gasteiger partial charge in [0.2, 0.25) is 0 Å². The van der Waals surface area contributed by atoms with Crippen LogP contribution < -0.4 is 0 Å². The monoisotopic (exact) mass is 261 g/mol. The SMILES string of the molecule is CCc1ccc2c(c1-c1cc(C)cc(C)c1)C=C(C)[CH]2. The van der Waals surface area contributed by atoms with E-state index in [1.807, 2.05) is 0 Å². The van der Waals surface area contributed by atoms with Crippen molar-refractivity contribution in [2.75, 3.05) is 0 Å². The molecule has 0 spiro atoms. The zero-order valence-corrected chi connectivity index (χ0v) is 12.7. The third-order valence-corrected chi connectivity index (χ3v) is 4.01. The van der Waals surface area contributed by atoms with Gasteiger partial charge in [-0.1, -0.05) is 60.0 Å². The van der Waals surface area contributed by atoms with Crippen LogP contribution in [0.15, 0.2) is 35.9 Å². The first-order chi connectivity index (χ1) is 9.58. The third kappa shape index (κ3) is 2.20. The highest BCUT2D eigenvalue weighted by Gasteiger charge is 2.17. The van der Waals surface area contributed by atoms with Crippen molar-refractivity contribution in [3.05, 3.63) is 70.1 Å². The van der Waals surface area contributed by atoms with Crippen LogP contribution in [0, 0.1) is 20.3 Å². The molecule has 0 fully saturated rings. The summed E-state index contributed by atoms with van der Waals surface area (Å²) in [6.45, 7) is 8.77. The summed E-state index contributed by atoms with van der Waals surface area (Å²) in [5.74, 6) is 0. The minimum absolute atomic E-state index is 1.07. The zero-order chi connectivity index (χ0) is 14.3. The van der Waals surface area contributed by atoms with Gasteiger partial charge in [0.15, 0.2) is 0 Å². The largest absolute Gasteiger partial charge is 0.0642 e. The normalized spacial score (nSPS) is 13.3. The van der Waals surface area contributed by atoms with E-state index in [0.717, 1.165) is 6.42 Å². The molecule has 0 aromatic heterocycles. The van der Waals surface area contributed by atoms with Crippen LogP contribution in [0.4, 0.5) is 0 Å². The van der Waals surface area contributed by atoms with Crippen molar-refractivity contribution >= 4 is 6.08 Å². The van der Waals surface area contributed by atoms with Gasteiger partial charge in [0.25, 0.3) is 0 Å². The van der Waals surface area contributed by atoms with E-state index in [1.165, 1.54) is 44.5 Å². The Balaban J connectivity index is 2.29. The van der Waals surface area contributed by atoms with Crippen LogP contribution >= 0.6 is 0 Å². The standard InChI is InChI=1S/C20H21/c1-5-16-6-7-17-9-15(4)12-19(17)20(16)18-10-13(2)8-14(3)11-18/h6-12H,5H2,1-4H3. The van der Waals surface area contributed by atoms with Gasteiger partial charge in [-0.15, -0.1) is 0 Å². The van der Waals surface area contributed by atoms with Crippen LogP contribution in [0.3, 0.4) is 0 Å². The molecule has 0 N–H and O–H groups in total. The number of benzene rings is 2. The smallest absolute Gasteiger partial charge is 0.0161 e. The van der Waals surface area contributed by atoms with E-state index in [9.17, 15) is 0 Å². The lowest BCUT2D eigenvalue weighted by Gasteiger charge is -2.15. The summed E-state index contributed by atoms with van der Waals surface area (Å²) in [5.41, 5.74) is 11.0. The van der Waals surface area contributed by atoms with E-state index in [1.54, 1.807) is 0 Å². The average molecular weight is 261 g/mol. The molecule has 2 aromatic rings. The number of rotatable bonds is 2. The Bertz CT molecular complexity index is 682. The second-order valence-corrected chi connectivity index (χ2v) is 5.87. The first-order valence-electron chi connectivity index (χ1n) is 7.36. The summed E-state index contributed by atoms with van der Waals surface area (Å²) in [4.78, 5) is 0. The lowest BCUT2D eigenvalue weighted by molar-refractivity contribution is 1.14. The third-order valence-electron chi connectivity index (χ3n) is 4.01. The first-order valence-corrected chi connectivity index (χ1v) is 7.36. The van der Waals surface area contributed by atoms with Crippen molar-refractivity contribution in [3.63, 3.8) is 0 Å². The van der Waals surface area contributed by atoms with Gasteiger partial charge in [-0.2, -0.15) is 0 Å². The van der Waals surface area contributed by atoms with Gasteiger partial charge >= 0.3 is 0 Å². The Morgan fingerprint density at radius 2 is 1.60 bits per heavy atom. The molecule has 20 heavy (non-hydrogen) atoms. The topological polar surface area (TPSA) is 0 Å². The van der Waals surface area contributed by atoms with Crippen molar-refractivity contribution in [2.24, 2.45) is 0 Å². The van der Waals surface area contributed by atoms with Gasteiger partial charge in [-0.3, -0.25) is 0 Å². The summed E-state index contributed by atoms with van der Waals surface area (Å²) < 4.78 is 0. The number of allylic oxidation sites excluding steroid dienone is 1. The van der Waals surface area contributed by atoms with E-state index >= 15 is 0 Å². The highest BCUT2D eigenvalue weighted by Crippen LogP contribution is 2.38. The Morgan fingerprint density at radius 3 is 2.25 bits per heavy atom. The fraction of sp³-hybridized carbons (Fsp3) is 0.250. The van der Waals surface area contributed by atoms with Crippen molar-refractivity contribution in [3.8, 4) is 11.1 Å². The van der Waals surface area contributed by atoms with Crippen molar-refractivity contribution in [2.45, 2.75) is 34.1 Å². The van der Waals surface area contributed by atoms with Gasteiger partial charge in [0, 0.05) is 6.42 Å². The van der Waals surface area contributed by atoms with Gasteiger partial charge in [-0.25, -0.2) is 0 Å². The fourth-order valence-electron chi connectivity index (χ4n) is 3.23. The Kier molecular flexibility index (Phi) is 3.25. The van der Waals surface area contributed by atoms with E-state index in [-0.39, 0.29) is 0 Å².